The third kappa shape index (κ3) is 3.41. The molecule has 7 heteroatoms. The van der Waals surface area contributed by atoms with Crippen LogP contribution in [-0.4, -0.2) is 61.4 Å². The molecule has 124 valence electrons. The van der Waals surface area contributed by atoms with Crippen molar-refractivity contribution in [1.82, 2.24) is 15.1 Å². The Kier molecular flexibility index (Phi) is 4.99. The van der Waals surface area contributed by atoms with E-state index < -0.39 is 0 Å². The molecule has 23 heavy (non-hydrogen) atoms. The fourth-order valence-corrected chi connectivity index (χ4v) is 4.94. The first-order valence-electron chi connectivity index (χ1n) is 7.80. The van der Waals surface area contributed by atoms with Crippen LogP contribution < -0.4 is 5.32 Å². The molecule has 1 atom stereocenters. The largest absolute Gasteiger partial charge is 0.339 e. The van der Waals surface area contributed by atoms with Crippen molar-refractivity contribution in [3.05, 3.63) is 22.4 Å². The summed E-state index contributed by atoms with van der Waals surface area (Å²) in [7, 11) is 1.85. The van der Waals surface area contributed by atoms with Crippen molar-refractivity contribution in [1.29, 1.82) is 0 Å². The molecule has 5 nitrogen and oxygen atoms in total. The van der Waals surface area contributed by atoms with Gasteiger partial charge in [0.1, 0.15) is 0 Å². The van der Waals surface area contributed by atoms with Gasteiger partial charge in [-0.15, -0.1) is 22.7 Å². The number of piperazine rings is 1. The summed E-state index contributed by atoms with van der Waals surface area (Å²) in [5, 5.41) is 5.08. The minimum Gasteiger partial charge on any atom is -0.339 e. The van der Waals surface area contributed by atoms with Crippen LogP contribution in [0.5, 0.6) is 0 Å². The molecule has 1 N–H and O–H groups in total. The zero-order valence-electron chi connectivity index (χ0n) is 13.4. The van der Waals surface area contributed by atoms with E-state index in [4.69, 9.17) is 0 Å². The van der Waals surface area contributed by atoms with Gasteiger partial charge >= 0.3 is 0 Å². The third-order valence-electron chi connectivity index (χ3n) is 4.16. The summed E-state index contributed by atoms with van der Waals surface area (Å²) in [5.41, 5.74) is 0. The van der Waals surface area contributed by atoms with Crippen molar-refractivity contribution in [2.24, 2.45) is 5.92 Å². The van der Waals surface area contributed by atoms with E-state index in [-0.39, 0.29) is 17.7 Å². The van der Waals surface area contributed by atoms with Crippen LogP contribution >= 0.6 is 22.7 Å². The molecule has 1 fully saturated rings. The van der Waals surface area contributed by atoms with E-state index in [1.54, 1.807) is 22.7 Å². The number of carbonyl (C=O) groups is 2. The third-order valence-corrected chi connectivity index (χ3v) is 6.24. The summed E-state index contributed by atoms with van der Waals surface area (Å²) in [6.07, 6.45) is 0. The van der Waals surface area contributed by atoms with E-state index in [0.29, 0.717) is 32.7 Å². The fourth-order valence-electron chi connectivity index (χ4n) is 2.86. The Bertz CT molecular complexity index is 673. The van der Waals surface area contributed by atoms with Gasteiger partial charge < -0.3 is 15.1 Å². The van der Waals surface area contributed by atoms with Gasteiger partial charge in [-0.3, -0.25) is 9.59 Å². The number of nitrogens with one attached hydrogen (secondary N) is 1. The van der Waals surface area contributed by atoms with Gasteiger partial charge in [-0.05, 0) is 24.6 Å². The SMILES string of the molecule is CNCC(C)C(=O)N1CCN(C(=O)c2cc3sccc3s2)CC1. The summed E-state index contributed by atoms with van der Waals surface area (Å²) in [4.78, 5) is 29.4. The predicted molar refractivity (Wildman–Crippen MR) is 95.3 cm³/mol. The second-order valence-corrected chi connectivity index (χ2v) is 7.87. The van der Waals surface area contributed by atoms with Crippen LogP contribution in [0.25, 0.3) is 9.40 Å². The zero-order chi connectivity index (χ0) is 16.4. The maximum atomic E-state index is 12.6. The molecule has 0 aliphatic carbocycles. The standard InChI is InChI=1S/C16H21N3O2S2/c1-11(10-17-2)15(20)18-4-6-19(7-5-18)16(21)14-9-13-12(23-14)3-8-22-13/h3,8-9,11,17H,4-7,10H2,1-2H3. The summed E-state index contributed by atoms with van der Waals surface area (Å²) >= 11 is 3.22. The van der Waals surface area contributed by atoms with Crippen LogP contribution in [0.3, 0.4) is 0 Å². The number of fused-ring (bicyclic) bond motifs is 1. The van der Waals surface area contributed by atoms with Gasteiger partial charge in [-0.2, -0.15) is 0 Å². The fraction of sp³-hybridized carbons (Fsp3) is 0.500. The lowest BCUT2D eigenvalue weighted by Gasteiger charge is -2.35. The predicted octanol–water partition coefficient (Wildman–Crippen LogP) is 2.10. The highest BCUT2D eigenvalue weighted by molar-refractivity contribution is 7.27. The topological polar surface area (TPSA) is 52.7 Å². The van der Waals surface area contributed by atoms with E-state index in [9.17, 15) is 9.59 Å². The molecule has 1 saturated heterocycles. The number of nitrogens with zero attached hydrogens (tertiary/aromatic N) is 2. The average Bonchev–Trinajstić information content (AvgIpc) is 3.15. The van der Waals surface area contributed by atoms with E-state index in [0.717, 1.165) is 4.88 Å². The van der Waals surface area contributed by atoms with Crippen molar-refractivity contribution >= 4 is 43.9 Å². The Hall–Kier alpha value is -1.44. The zero-order valence-corrected chi connectivity index (χ0v) is 15.0. The van der Waals surface area contributed by atoms with Crippen molar-refractivity contribution in [2.45, 2.75) is 6.92 Å². The highest BCUT2D eigenvalue weighted by Gasteiger charge is 2.27. The second kappa shape index (κ2) is 6.98. The van der Waals surface area contributed by atoms with E-state index >= 15 is 0 Å². The molecule has 0 radical (unpaired) electrons. The van der Waals surface area contributed by atoms with Crippen molar-refractivity contribution in [2.75, 3.05) is 39.8 Å². The number of amides is 2. The van der Waals surface area contributed by atoms with Gasteiger partial charge in [0.2, 0.25) is 5.91 Å². The number of rotatable bonds is 4. The molecule has 3 rings (SSSR count). The monoisotopic (exact) mass is 351 g/mol. The minimum atomic E-state index is -0.0219. The molecule has 1 unspecified atom stereocenters. The molecular weight excluding hydrogens is 330 g/mol. The van der Waals surface area contributed by atoms with Crippen LogP contribution in [0.2, 0.25) is 0 Å². The molecule has 0 bridgehead atoms. The molecule has 2 aromatic heterocycles. The Labute approximate surface area is 143 Å². The average molecular weight is 351 g/mol. The summed E-state index contributed by atoms with van der Waals surface area (Å²) in [6.45, 7) is 5.10. The molecule has 1 aliphatic heterocycles. The van der Waals surface area contributed by atoms with Crippen LogP contribution in [0.15, 0.2) is 17.5 Å². The molecule has 3 heterocycles. The van der Waals surface area contributed by atoms with Gasteiger partial charge in [-0.1, -0.05) is 6.92 Å². The van der Waals surface area contributed by atoms with E-state index in [1.165, 1.54) is 9.40 Å². The van der Waals surface area contributed by atoms with Crippen LogP contribution in [-0.2, 0) is 4.79 Å². The maximum Gasteiger partial charge on any atom is 0.264 e. The van der Waals surface area contributed by atoms with Crippen LogP contribution in [0.1, 0.15) is 16.6 Å². The summed E-state index contributed by atoms with van der Waals surface area (Å²) in [5.74, 6) is 0.239. The maximum absolute atomic E-state index is 12.6. The number of hydrogen-bond acceptors (Lipinski definition) is 5. The van der Waals surface area contributed by atoms with Gasteiger partial charge in [-0.25, -0.2) is 0 Å². The van der Waals surface area contributed by atoms with Crippen molar-refractivity contribution < 1.29 is 9.59 Å². The number of thiophene rings is 2. The Morgan fingerprint density at radius 1 is 1.22 bits per heavy atom. The first-order chi connectivity index (χ1) is 11.1. The lowest BCUT2D eigenvalue weighted by molar-refractivity contribution is -0.136. The Morgan fingerprint density at radius 2 is 1.91 bits per heavy atom. The highest BCUT2D eigenvalue weighted by atomic mass is 32.1. The number of carbonyl (C=O) groups excluding carboxylic acids is 2. The minimum absolute atomic E-state index is 0.0219. The Balaban J connectivity index is 1.59. The molecule has 1 aliphatic rings. The van der Waals surface area contributed by atoms with Crippen LogP contribution in [0, 0.1) is 5.92 Å². The summed E-state index contributed by atoms with van der Waals surface area (Å²) in [6, 6.07) is 4.04. The lowest BCUT2D eigenvalue weighted by Crippen LogP contribution is -2.52. The molecular formula is C16H21N3O2S2. The molecule has 0 spiro atoms. The molecule has 2 aromatic rings. The van der Waals surface area contributed by atoms with E-state index in [2.05, 4.69) is 11.4 Å². The van der Waals surface area contributed by atoms with Crippen molar-refractivity contribution in [3.8, 4) is 0 Å². The van der Waals surface area contributed by atoms with Gasteiger partial charge in [0, 0.05) is 48.0 Å². The molecule has 0 aromatic carbocycles. The quantitative estimate of drug-likeness (QED) is 0.918. The second-order valence-electron chi connectivity index (χ2n) is 5.84. The lowest BCUT2D eigenvalue weighted by atomic mass is 10.1. The first-order valence-corrected chi connectivity index (χ1v) is 9.49. The molecule has 2 amide bonds. The van der Waals surface area contributed by atoms with Gasteiger partial charge in [0.15, 0.2) is 0 Å². The van der Waals surface area contributed by atoms with Gasteiger partial charge in [0.05, 0.1) is 4.88 Å². The Morgan fingerprint density at radius 3 is 2.57 bits per heavy atom. The highest BCUT2D eigenvalue weighted by Crippen LogP contribution is 2.30. The smallest absolute Gasteiger partial charge is 0.264 e. The summed E-state index contributed by atoms with van der Waals surface area (Å²) < 4.78 is 2.35. The van der Waals surface area contributed by atoms with Gasteiger partial charge in [0.25, 0.3) is 5.91 Å². The first kappa shape index (κ1) is 16.4. The normalized spacial score (nSPS) is 16.8. The number of hydrogen-bond donors (Lipinski definition) is 1. The van der Waals surface area contributed by atoms with Crippen LogP contribution in [0.4, 0.5) is 0 Å². The van der Waals surface area contributed by atoms with E-state index in [1.807, 2.05) is 35.2 Å². The molecule has 0 saturated carbocycles. The van der Waals surface area contributed by atoms with Crippen molar-refractivity contribution in [3.63, 3.8) is 0 Å².